The lowest BCUT2D eigenvalue weighted by atomic mass is 9.79. The van der Waals surface area contributed by atoms with Crippen molar-refractivity contribution in [1.29, 1.82) is 0 Å². The molecule has 2 aromatic rings. The summed E-state index contributed by atoms with van der Waals surface area (Å²) >= 11 is 0. The van der Waals surface area contributed by atoms with Gasteiger partial charge in [-0.2, -0.15) is 9.98 Å². The zero-order valence-corrected chi connectivity index (χ0v) is 14.5. The highest BCUT2D eigenvalue weighted by Crippen LogP contribution is 2.36. The van der Waals surface area contributed by atoms with E-state index in [4.69, 9.17) is 13.7 Å². The van der Waals surface area contributed by atoms with E-state index in [1.54, 1.807) is 6.34 Å². The number of hydrogen-bond acceptors (Lipinski definition) is 5. The second-order valence-electron chi connectivity index (χ2n) is 7.02. The molecule has 3 rings (SSSR count). The first-order valence-electron chi connectivity index (χ1n) is 7.65. The zero-order chi connectivity index (χ0) is 16.8. The maximum absolute atomic E-state index is 6.07. The second kappa shape index (κ2) is 5.35. The van der Waals surface area contributed by atoms with Gasteiger partial charge in [0.2, 0.25) is 0 Å². The molecule has 1 aliphatic rings. The van der Waals surface area contributed by atoms with Crippen molar-refractivity contribution >= 4 is 36.0 Å². The summed E-state index contributed by atoms with van der Waals surface area (Å²) in [5.41, 5.74) is 1.63. The van der Waals surface area contributed by atoms with Crippen molar-refractivity contribution in [3.63, 3.8) is 0 Å². The molecule has 0 spiro atoms. The van der Waals surface area contributed by atoms with Gasteiger partial charge in [-0.05, 0) is 45.3 Å². The third-order valence-corrected chi connectivity index (χ3v) is 4.32. The molecule has 0 bridgehead atoms. The van der Waals surface area contributed by atoms with Crippen LogP contribution in [0.3, 0.4) is 0 Å². The molecule has 122 valence electrons. The summed E-state index contributed by atoms with van der Waals surface area (Å²) < 4.78 is 17.7. The third kappa shape index (κ3) is 2.98. The molecule has 1 saturated heterocycles. The fourth-order valence-corrected chi connectivity index (χ4v) is 2.28. The number of oxazole rings is 1. The Morgan fingerprint density at radius 3 is 2.39 bits per heavy atom. The average molecular weight is 315 g/mol. The Kier molecular flexibility index (Phi) is 3.73. The molecule has 6 nitrogen and oxygen atoms in total. The summed E-state index contributed by atoms with van der Waals surface area (Å²) in [6.07, 6.45) is 1.65. The number of aromatic nitrogens is 1. The van der Waals surface area contributed by atoms with E-state index in [1.165, 1.54) is 0 Å². The summed E-state index contributed by atoms with van der Waals surface area (Å²) in [6.45, 7) is 8.15. The monoisotopic (exact) mass is 315 g/mol. The highest BCUT2D eigenvalue weighted by atomic mass is 16.7. The van der Waals surface area contributed by atoms with Crippen LogP contribution in [0.15, 0.2) is 27.6 Å². The summed E-state index contributed by atoms with van der Waals surface area (Å²) in [7, 11) is 3.38. The molecule has 0 saturated carbocycles. The van der Waals surface area contributed by atoms with Crippen LogP contribution in [-0.4, -0.2) is 48.6 Å². The molecule has 0 radical (unpaired) electrons. The van der Waals surface area contributed by atoms with Gasteiger partial charge in [0.15, 0.2) is 5.58 Å². The molecule has 0 aliphatic carbocycles. The van der Waals surface area contributed by atoms with E-state index >= 15 is 0 Å². The Morgan fingerprint density at radius 1 is 1.13 bits per heavy atom. The molecule has 1 aromatic carbocycles. The Labute approximate surface area is 136 Å². The number of aliphatic imine (C=N–C) groups is 1. The van der Waals surface area contributed by atoms with Gasteiger partial charge in [-0.25, -0.2) is 0 Å². The fraction of sp³-hybridized carbons (Fsp3) is 0.500. The summed E-state index contributed by atoms with van der Waals surface area (Å²) in [4.78, 5) is 10.4. The number of nitrogens with zero attached hydrogens (tertiary/aromatic N) is 3. The van der Waals surface area contributed by atoms with Crippen LogP contribution in [0.4, 0.5) is 6.01 Å². The van der Waals surface area contributed by atoms with Crippen molar-refractivity contribution in [1.82, 2.24) is 9.88 Å². The average Bonchev–Trinajstić information content (AvgIpc) is 2.94. The van der Waals surface area contributed by atoms with E-state index in [1.807, 2.05) is 64.9 Å². The van der Waals surface area contributed by atoms with Gasteiger partial charge in [-0.15, -0.1) is 0 Å². The van der Waals surface area contributed by atoms with Crippen LogP contribution in [0.2, 0.25) is 0 Å². The Hall–Kier alpha value is -1.86. The van der Waals surface area contributed by atoms with Crippen molar-refractivity contribution in [2.75, 3.05) is 14.1 Å². The molecule has 1 aliphatic heterocycles. The SMILES string of the molecule is CN(C)C=Nc1nc2cc(B3OC(C)(C)C(C)(C)O3)ccc2o1. The molecular formula is C16H22BN3O3. The third-order valence-electron chi connectivity index (χ3n) is 4.32. The topological polar surface area (TPSA) is 60.1 Å². The van der Waals surface area contributed by atoms with Gasteiger partial charge in [0.25, 0.3) is 0 Å². The molecule has 7 heteroatoms. The maximum atomic E-state index is 6.07. The summed E-state index contributed by atoms with van der Waals surface area (Å²) in [5, 5.41) is 0. The van der Waals surface area contributed by atoms with Gasteiger partial charge in [0.1, 0.15) is 5.52 Å². The van der Waals surface area contributed by atoms with Crippen molar-refractivity contribution in [2.24, 2.45) is 4.99 Å². The van der Waals surface area contributed by atoms with E-state index in [2.05, 4.69) is 9.98 Å². The second-order valence-corrected chi connectivity index (χ2v) is 7.02. The maximum Gasteiger partial charge on any atom is 0.494 e. The predicted molar refractivity (Wildman–Crippen MR) is 91.6 cm³/mol. The largest absolute Gasteiger partial charge is 0.494 e. The van der Waals surface area contributed by atoms with E-state index in [-0.39, 0.29) is 11.2 Å². The van der Waals surface area contributed by atoms with E-state index in [0.29, 0.717) is 11.6 Å². The van der Waals surface area contributed by atoms with Crippen LogP contribution in [-0.2, 0) is 9.31 Å². The van der Waals surface area contributed by atoms with E-state index in [9.17, 15) is 0 Å². The van der Waals surface area contributed by atoms with Gasteiger partial charge in [-0.1, -0.05) is 6.07 Å². The predicted octanol–water partition coefficient (Wildman–Crippen LogP) is 2.35. The highest BCUT2D eigenvalue weighted by molar-refractivity contribution is 6.62. The lowest BCUT2D eigenvalue weighted by molar-refractivity contribution is 0.00578. The molecular weight excluding hydrogens is 293 g/mol. The molecule has 1 aromatic heterocycles. The Morgan fingerprint density at radius 2 is 1.78 bits per heavy atom. The first kappa shape index (κ1) is 16.0. The number of rotatable bonds is 3. The molecule has 2 heterocycles. The summed E-state index contributed by atoms with van der Waals surface area (Å²) in [5.74, 6) is 0. The van der Waals surface area contributed by atoms with Gasteiger partial charge in [0, 0.05) is 14.1 Å². The fourth-order valence-electron chi connectivity index (χ4n) is 2.28. The molecule has 1 fully saturated rings. The minimum atomic E-state index is -0.408. The van der Waals surface area contributed by atoms with Crippen molar-refractivity contribution in [2.45, 2.75) is 38.9 Å². The highest BCUT2D eigenvalue weighted by Gasteiger charge is 2.51. The Balaban J connectivity index is 1.89. The van der Waals surface area contributed by atoms with E-state index < -0.39 is 7.12 Å². The number of hydrogen-bond donors (Lipinski definition) is 0. The molecule has 0 amide bonds. The minimum absolute atomic E-state index is 0.333. The van der Waals surface area contributed by atoms with Gasteiger partial charge < -0.3 is 18.6 Å². The van der Waals surface area contributed by atoms with Gasteiger partial charge >= 0.3 is 13.1 Å². The standard InChI is InChI=1S/C16H22BN3O3/c1-15(2)16(3,4)23-17(22-15)11-7-8-13-12(9-11)19-14(21-13)18-10-20(5)6/h7-10H,1-6H3. The molecule has 0 atom stereocenters. The Bertz CT molecular complexity index is 736. The minimum Gasteiger partial charge on any atom is -0.422 e. The van der Waals surface area contributed by atoms with E-state index in [0.717, 1.165) is 11.0 Å². The first-order chi connectivity index (χ1) is 10.7. The van der Waals surface area contributed by atoms with Crippen LogP contribution >= 0.6 is 0 Å². The first-order valence-corrected chi connectivity index (χ1v) is 7.65. The summed E-state index contributed by atoms with van der Waals surface area (Å²) in [6, 6.07) is 6.07. The van der Waals surface area contributed by atoms with Crippen molar-refractivity contribution in [3.8, 4) is 0 Å². The lowest BCUT2D eigenvalue weighted by Gasteiger charge is -2.32. The van der Waals surface area contributed by atoms with Crippen LogP contribution in [0, 0.1) is 0 Å². The van der Waals surface area contributed by atoms with Crippen LogP contribution in [0.5, 0.6) is 0 Å². The molecule has 0 N–H and O–H groups in total. The quantitative estimate of drug-likeness (QED) is 0.494. The van der Waals surface area contributed by atoms with Crippen LogP contribution in [0.1, 0.15) is 27.7 Å². The van der Waals surface area contributed by atoms with Gasteiger partial charge in [-0.3, -0.25) is 0 Å². The van der Waals surface area contributed by atoms with Crippen molar-refractivity contribution < 1.29 is 13.7 Å². The lowest BCUT2D eigenvalue weighted by Crippen LogP contribution is -2.41. The number of benzene rings is 1. The van der Waals surface area contributed by atoms with Crippen LogP contribution in [0.25, 0.3) is 11.1 Å². The van der Waals surface area contributed by atoms with Gasteiger partial charge in [0.05, 0.1) is 17.5 Å². The zero-order valence-electron chi connectivity index (χ0n) is 14.5. The smallest absolute Gasteiger partial charge is 0.422 e. The van der Waals surface area contributed by atoms with Crippen molar-refractivity contribution in [3.05, 3.63) is 18.2 Å². The number of fused-ring (bicyclic) bond motifs is 1. The normalized spacial score (nSPS) is 19.8. The molecule has 23 heavy (non-hydrogen) atoms. The molecule has 0 unspecified atom stereocenters. The van der Waals surface area contributed by atoms with Crippen LogP contribution < -0.4 is 5.46 Å².